The molecule has 0 heterocycles. The summed E-state index contributed by atoms with van der Waals surface area (Å²) in [5.74, 6) is -0.758. The second-order valence-corrected chi connectivity index (χ2v) is 3.45. The van der Waals surface area contributed by atoms with Crippen molar-refractivity contribution in [2.45, 2.75) is 20.8 Å². The van der Waals surface area contributed by atoms with E-state index in [4.69, 9.17) is 5.11 Å². The number of allylic oxidation sites excluding steroid dienone is 2. The summed E-state index contributed by atoms with van der Waals surface area (Å²) >= 11 is 0. The second kappa shape index (κ2) is 3.13. The van der Waals surface area contributed by atoms with Gasteiger partial charge in [-0.15, -0.1) is 0 Å². The molecular formula is C10H14O2. The molecular weight excluding hydrogens is 152 g/mol. The highest BCUT2D eigenvalue weighted by molar-refractivity contribution is 5.77. The van der Waals surface area contributed by atoms with E-state index in [1.807, 2.05) is 26.0 Å². The number of carbonyl (C=O) groups is 1. The molecule has 0 aromatic heterocycles. The topological polar surface area (TPSA) is 37.3 Å². The van der Waals surface area contributed by atoms with Crippen molar-refractivity contribution in [2.75, 3.05) is 0 Å². The lowest BCUT2D eigenvalue weighted by molar-refractivity contribution is -0.139. The van der Waals surface area contributed by atoms with Gasteiger partial charge in [-0.05, 0) is 19.8 Å². The molecule has 0 aromatic rings. The molecule has 1 N–H and O–H groups in total. The van der Waals surface area contributed by atoms with Crippen LogP contribution in [0.1, 0.15) is 20.8 Å². The fraction of sp³-hybridized carbons (Fsp3) is 0.500. The zero-order valence-corrected chi connectivity index (χ0v) is 7.66. The van der Waals surface area contributed by atoms with Gasteiger partial charge in [0.05, 0.1) is 5.92 Å². The highest BCUT2D eigenvalue weighted by Gasteiger charge is 2.24. The van der Waals surface area contributed by atoms with Crippen LogP contribution in [0.15, 0.2) is 23.3 Å². The van der Waals surface area contributed by atoms with Crippen LogP contribution in [-0.4, -0.2) is 11.1 Å². The predicted octanol–water partition coefficient (Wildman–Crippen LogP) is 2.23. The van der Waals surface area contributed by atoms with Crippen LogP contribution in [0.3, 0.4) is 0 Å². The van der Waals surface area contributed by atoms with Gasteiger partial charge in [-0.2, -0.15) is 0 Å². The molecule has 12 heavy (non-hydrogen) atoms. The van der Waals surface area contributed by atoms with Gasteiger partial charge in [0.2, 0.25) is 0 Å². The number of rotatable bonds is 1. The van der Waals surface area contributed by atoms with Gasteiger partial charge in [-0.1, -0.05) is 30.2 Å². The summed E-state index contributed by atoms with van der Waals surface area (Å²) < 4.78 is 0. The van der Waals surface area contributed by atoms with E-state index in [9.17, 15) is 4.79 Å². The second-order valence-electron chi connectivity index (χ2n) is 3.45. The minimum absolute atomic E-state index is 0.376. The van der Waals surface area contributed by atoms with Crippen molar-refractivity contribution in [3.63, 3.8) is 0 Å². The summed E-state index contributed by atoms with van der Waals surface area (Å²) in [4.78, 5) is 10.8. The van der Waals surface area contributed by atoms with E-state index in [0.717, 1.165) is 11.1 Å². The van der Waals surface area contributed by atoms with Crippen LogP contribution in [0.2, 0.25) is 0 Å². The maximum atomic E-state index is 10.8. The van der Waals surface area contributed by atoms with Gasteiger partial charge in [0.25, 0.3) is 0 Å². The van der Waals surface area contributed by atoms with Crippen molar-refractivity contribution < 1.29 is 9.90 Å². The van der Waals surface area contributed by atoms with Crippen molar-refractivity contribution >= 4 is 5.97 Å². The molecule has 0 amide bonds. The summed E-state index contributed by atoms with van der Waals surface area (Å²) in [6.07, 6.45) is 4.01. The Kier molecular flexibility index (Phi) is 2.36. The van der Waals surface area contributed by atoms with E-state index >= 15 is 0 Å². The summed E-state index contributed by atoms with van der Waals surface area (Å²) in [7, 11) is 0. The molecule has 66 valence electrons. The van der Waals surface area contributed by atoms with Crippen molar-refractivity contribution in [2.24, 2.45) is 11.8 Å². The third kappa shape index (κ3) is 1.58. The third-order valence-corrected chi connectivity index (χ3v) is 2.21. The smallest absolute Gasteiger partial charge is 0.314 e. The Bertz CT molecular complexity index is 241. The molecule has 0 unspecified atom stereocenters. The zero-order chi connectivity index (χ0) is 9.30. The Morgan fingerprint density at radius 3 is 2.08 bits per heavy atom. The molecule has 1 aliphatic rings. The molecule has 0 radical (unpaired) electrons. The van der Waals surface area contributed by atoms with Gasteiger partial charge >= 0.3 is 5.97 Å². The van der Waals surface area contributed by atoms with Gasteiger partial charge in [-0.25, -0.2) is 0 Å². The number of aliphatic carboxylic acids is 1. The van der Waals surface area contributed by atoms with E-state index in [-0.39, 0.29) is 5.92 Å². The number of hydrogen-bond donors (Lipinski definition) is 1. The molecule has 1 aliphatic carbocycles. The molecule has 0 fully saturated rings. The molecule has 2 nitrogen and oxygen atoms in total. The average Bonchev–Trinajstić information content (AvgIpc) is 1.82. The standard InChI is InChI=1S/C10H14O2/c1-6-4-7(2)9(10(11)12)8(3)5-6/h4-6,9H,1-3H3,(H,11,12). The highest BCUT2D eigenvalue weighted by atomic mass is 16.4. The maximum absolute atomic E-state index is 10.8. The van der Waals surface area contributed by atoms with Crippen LogP contribution >= 0.6 is 0 Å². The van der Waals surface area contributed by atoms with E-state index < -0.39 is 5.97 Å². The van der Waals surface area contributed by atoms with Crippen molar-refractivity contribution in [1.29, 1.82) is 0 Å². The summed E-state index contributed by atoms with van der Waals surface area (Å²) in [5.41, 5.74) is 1.91. The molecule has 1 rings (SSSR count). The van der Waals surface area contributed by atoms with E-state index in [1.165, 1.54) is 0 Å². The predicted molar refractivity (Wildman–Crippen MR) is 47.8 cm³/mol. The molecule has 0 bridgehead atoms. The van der Waals surface area contributed by atoms with Gasteiger partial charge in [0.1, 0.15) is 0 Å². The largest absolute Gasteiger partial charge is 0.481 e. The van der Waals surface area contributed by atoms with E-state index in [2.05, 4.69) is 6.92 Å². The lowest BCUT2D eigenvalue weighted by Crippen LogP contribution is -2.19. The van der Waals surface area contributed by atoms with E-state index in [0.29, 0.717) is 5.92 Å². The van der Waals surface area contributed by atoms with Crippen LogP contribution in [0, 0.1) is 11.8 Å². The summed E-state index contributed by atoms with van der Waals surface area (Å²) in [6.45, 7) is 5.82. The Hall–Kier alpha value is -1.05. The van der Waals surface area contributed by atoms with Crippen LogP contribution in [0.5, 0.6) is 0 Å². The minimum Gasteiger partial charge on any atom is -0.481 e. The van der Waals surface area contributed by atoms with E-state index in [1.54, 1.807) is 0 Å². The molecule has 0 saturated carbocycles. The zero-order valence-electron chi connectivity index (χ0n) is 7.66. The van der Waals surface area contributed by atoms with Crippen molar-refractivity contribution in [1.82, 2.24) is 0 Å². The fourth-order valence-electron chi connectivity index (χ4n) is 1.82. The fourth-order valence-corrected chi connectivity index (χ4v) is 1.82. The number of hydrogen-bond acceptors (Lipinski definition) is 1. The Labute approximate surface area is 72.6 Å². The Morgan fingerprint density at radius 2 is 1.75 bits per heavy atom. The van der Waals surface area contributed by atoms with Crippen molar-refractivity contribution in [3.8, 4) is 0 Å². The Balaban J connectivity index is 2.95. The lowest BCUT2D eigenvalue weighted by atomic mass is 9.84. The molecule has 0 aromatic carbocycles. The summed E-state index contributed by atoms with van der Waals surface area (Å²) in [6, 6.07) is 0. The van der Waals surface area contributed by atoms with Gasteiger partial charge in [-0.3, -0.25) is 4.79 Å². The van der Waals surface area contributed by atoms with Gasteiger partial charge < -0.3 is 5.11 Å². The van der Waals surface area contributed by atoms with Crippen LogP contribution in [0.25, 0.3) is 0 Å². The first-order chi connectivity index (χ1) is 5.52. The minimum atomic E-state index is -0.746. The highest BCUT2D eigenvalue weighted by Crippen LogP contribution is 2.27. The van der Waals surface area contributed by atoms with Crippen LogP contribution < -0.4 is 0 Å². The molecule has 0 spiro atoms. The van der Waals surface area contributed by atoms with Crippen molar-refractivity contribution in [3.05, 3.63) is 23.3 Å². The monoisotopic (exact) mass is 166 g/mol. The normalized spacial score (nSPS) is 29.2. The Morgan fingerprint density at radius 1 is 1.33 bits per heavy atom. The van der Waals surface area contributed by atoms with Crippen LogP contribution in [0.4, 0.5) is 0 Å². The maximum Gasteiger partial charge on any atom is 0.314 e. The quantitative estimate of drug-likeness (QED) is 0.606. The summed E-state index contributed by atoms with van der Waals surface area (Å²) in [5, 5.41) is 8.88. The first-order valence-electron chi connectivity index (χ1n) is 4.12. The number of carboxylic acid groups (broad SMARTS) is 1. The molecule has 0 atom stereocenters. The SMILES string of the molecule is CC1=CC(C)C=C(C)C1C(=O)O. The lowest BCUT2D eigenvalue weighted by Gasteiger charge is -2.20. The molecule has 2 heteroatoms. The van der Waals surface area contributed by atoms with Gasteiger partial charge in [0.15, 0.2) is 0 Å². The average molecular weight is 166 g/mol. The van der Waals surface area contributed by atoms with Gasteiger partial charge in [0, 0.05) is 0 Å². The number of carboxylic acids is 1. The first-order valence-corrected chi connectivity index (χ1v) is 4.12. The third-order valence-electron chi connectivity index (χ3n) is 2.21. The van der Waals surface area contributed by atoms with Crippen LogP contribution in [-0.2, 0) is 4.79 Å². The first kappa shape index (κ1) is 9.04. The molecule has 0 aliphatic heterocycles. The molecule has 0 saturated heterocycles.